The number of amides is 1. The molecule has 1 N–H and O–H groups in total. The van der Waals surface area contributed by atoms with E-state index in [0.717, 1.165) is 11.1 Å². The van der Waals surface area contributed by atoms with Gasteiger partial charge in [0.1, 0.15) is 18.1 Å². The minimum atomic E-state index is -0.837. The fourth-order valence-electron chi connectivity index (χ4n) is 4.29. The summed E-state index contributed by atoms with van der Waals surface area (Å²) in [7, 11) is 0. The summed E-state index contributed by atoms with van der Waals surface area (Å²) >= 11 is 0. The summed E-state index contributed by atoms with van der Waals surface area (Å²) in [5.41, 5.74) is 2.38. The van der Waals surface area contributed by atoms with E-state index in [9.17, 15) is 14.7 Å². The van der Waals surface area contributed by atoms with Gasteiger partial charge in [-0.3, -0.25) is 14.6 Å². The second kappa shape index (κ2) is 9.92. The van der Waals surface area contributed by atoms with Crippen LogP contribution in [0, 0.1) is 6.92 Å². The van der Waals surface area contributed by atoms with Gasteiger partial charge < -0.3 is 19.2 Å². The number of aliphatic hydroxyl groups excluding tert-OH is 1. The molecule has 7 heteroatoms. The molecule has 0 radical (unpaired) electrons. The number of Topliss-reactive ketones (excluding diaryl/α,β-unsaturated/α-hetero) is 1. The summed E-state index contributed by atoms with van der Waals surface area (Å²) in [5.74, 6) is -0.556. The lowest BCUT2D eigenvalue weighted by Gasteiger charge is -2.27. The number of carbonyl (C=O) groups excluding carboxylic acids is 2. The number of benzene rings is 2. The number of rotatable bonds is 8. The molecule has 1 atom stereocenters. The standard InChI is InChI=1S/C29H24N2O5/c1-19-12-13-24(36-19)27(32)25-26(31(29(34)28(25)33)17-21-9-6-14-30-16-21)22-10-5-11-23(15-22)35-18-20-7-3-2-4-8-20/h2-16,26,33H,17-18H2,1H3. The van der Waals surface area contributed by atoms with Crippen LogP contribution in [-0.2, 0) is 17.9 Å². The summed E-state index contributed by atoms with van der Waals surface area (Å²) in [5, 5.41) is 10.9. The molecule has 5 rings (SSSR count). The number of aliphatic hydroxyl groups is 1. The maximum absolute atomic E-state index is 13.5. The van der Waals surface area contributed by atoms with E-state index in [1.807, 2.05) is 48.5 Å². The van der Waals surface area contributed by atoms with Crippen LogP contribution in [0.25, 0.3) is 0 Å². The summed E-state index contributed by atoms with van der Waals surface area (Å²) in [6.45, 7) is 2.25. The first-order valence-electron chi connectivity index (χ1n) is 11.5. The Hall–Kier alpha value is -4.65. The second-order valence-corrected chi connectivity index (χ2v) is 8.55. The summed E-state index contributed by atoms with van der Waals surface area (Å²) < 4.78 is 11.5. The molecule has 180 valence electrons. The highest BCUT2D eigenvalue weighted by atomic mass is 16.5. The molecule has 0 spiro atoms. The fourth-order valence-corrected chi connectivity index (χ4v) is 4.29. The third kappa shape index (κ3) is 4.63. The van der Waals surface area contributed by atoms with Crippen LogP contribution in [0.15, 0.2) is 107 Å². The molecule has 1 amide bonds. The molecule has 0 saturated heterocycles. The number of hydrogen-bond acceptors (Lipinski definition) is 6. The average molecular weight is 481 g/mol. The van der Waals surface area contributed by atoms with E-state index in [1.165, 1.54) is 4.90 Å². The Balaban J connectivity index is 1.52. The number of aryl methyl sites for hydroxylation is 1. The van der Waals surface area contributed by atoms with Gasteiger partial charge in [0.2, 0.25) is 5.78 Å². The zero-order valence-electron chi connectivity index (χ0n) is 19.6. The van der Waals surface area contributed by atoms with E-state index >= 15 is 0 Å². The maximum atomic E-state index is 13.5. The van der Waals surface area contributed by atoms with E-state index in [-0.39, 0.29) is 17.9 Å². The van der Waals surface area contributed by atoms with Gasteiger partial charge >= 0.3 is 0 Å². The Kier molecular flexibility index (Phi) is 6.36. The van der Waals surface area contributed by atoms with Crippen LogP contribution in [0.4, 0.5) is 0 Å². The van der Waals surface area contributed by atoms with E-state index in [0.29, 0.717) is 23.7 Å². The second-order valence-electron chi connectivity index (χ2n) is 8.55. The summed E-state index contributed by atoms with van der Waals surface area (Å²) in [4.78, 5) is 32.3. The molecule has 4 aromatic rings. The Morgan fingerprint density at radius 3 is 2.56 bits per heavy atom. The molecular weight excluding hydrogens is 456 g/mol. The van der Waals surface area contributed by atoms with Gasteiger partial charge in [-0.05, 0) is 53.9 Å². The molecule has 1 aliphatic heterocycles. The summed E-state index contributed by atoms with van der Waals surface area (Å²) in [6, 6.07) is 23.0. The van der Waals surface area contributed by atoms with Crippen molar-refractivity contribution in [2.45, 2.75) is 26.1 Å². The van der Waals surface area contributed by atoms with E-state index in [2.05, 4.69) is 4.98 Å². The third-order valence-electron chi connectivity index (χ3n) is 6.01. The van der Waals surface area contributed by atoms with Gasteiger partial charge in [0, 0.05) is 18.9 Å². The van der Waals surface area contributed by atoms with Crippen LogP contribution in [-0.4, -0.2) is 26.7 Å². The fraction of sp³-hybridized carbons (Fsp3) is 0.138. The molecule has 1 aliphatic rings. The van der Waals surface area contributed by atoms with Crippen LogP contribution in [0.1, 0.15) is 39.0 Å². The van der Waals surface area contributed by atoms with Crippen molar-refractivity contribution in [1.29, 1.82) is 0 Å². The first-order valence-corrected chi connectivity index (χ1v) is 11.5. The van der Waals surface area contributed by atoms with Crippen LogP contribution in [0.5, 0.6) is 5.75 Å². The van der Waals surface area contributed by atoms with Gasteiger partial charge in [-0.1, -0.05) is 48.5 Å². The minimum Gasteiger partial charge on any atom is -0.503 e. The zero-order chi connectivity index (χ0) is 25.1. The number of nitrogens with zero attached hydrogens (tertiary/aromatic N) is 2. The van der Waals surface area contributed by atoms with E-state index < -0.39 is 23.5 Å². The monoisotopic (exact) mass is 480 g/mol. The molecule has 1 unspecified atom stereocenters. The molecule has 2 aromatic carbocycles. The normalized spacial score (nSPS) is 15.4. The lowest BCUT2D eigenvalue weighted by molar-refractivity contribution is -0.130. The zero-order valence-corrected chi connectivity index (χ0v) is 19.6. The Bertz CT molecular complexity index is 1430. The third-order valence-corrected chi connectivity index (χ3v) is 6.01. The summed E-state index contributed by atoms with van der Waals surface area (Å²) in [6.07, 6.45) is 3.29. The number of ether oxygens (including phenoxy) is 1. The minimum absolute atomic E-state index is 0.0292. The van der Waals surface area contributed by atoms with Crippen molar-refractivity contribution >= 4 is 11.7 Å². The van der Waals surface area contributed by atoms with Crippen molar-refractivity contribution < 1.29 is 23.8 Å². The number of carbonyl (C=O) groups is 2. The highest BCUT2D eigenvalue weighted by Gasteiger charge is 2.44. The number of furan rings is 1. The van der Waals surface area contributed by atoms with Gasteiger partial charge in [-0.2, -0.15) is 0 Å². The first-order chi connectivity index (χ1) is 17.5. The van der Waals surface area contributed by atoms with Gasteiger partial charge in [0.15, 0.2) is 11.5 Å². The highest BCUT2D eigenvalue weighted by molar-refractivity contribution is 6.15. The Morgan fingerprint density at radius 2 is 1.83 bits per heavy atom. The predicted octanol–water partition coefficient (Wildman–Crippen LogP) is 5.34. The van der Waals surface area contributed by atoms with Crippen LogP contribution in [0.2, 0.25) is 0 Å². The molecule has 2 aromatic heterocycles. The smallest absolute Gasteiger partial charge is 0.290 e. The van der Waals surface area contributed by atoms with Crippen molar-refractivity contribution in [2.24, 2.45) is 0 Å². The van der Waals surface area contributed by atoms with Crippen molar-refractivity contribution in [3.05, 3.63) is 131 Å². The van der Waals surface area contributed by atoms with E-state index in [1.54, 1.807) is 49.6 Å². The molecule has 0 fully saturated rings. The lowest BCUT2D eigenvalue weighted by Crippen LogP contribution is -2.30. The maximum Gasteiger partial charge on any atom is 0.290 e. The molecule has 0 bridgehead atoms. The quantitative estimate of drug-likeness (QED) is 0.342. The topological polar surface area (TPSA) is 92.9 Å². The molecule has 36 heavy (non-hydrogen) atoms. The number of ketones is 1. The molecular formula is C29H24N2O5. The van der Waals surface area contributed by atoms with Gasteiger partial charge in [0.25, 0.3) is 5.91 Å². The average Bonchev–Trinajstić information content (AvgIpc) is 3.45. The van der Waals surface area contributed by atoms with Crippen molar-refractivity contribution in [2.75, 3.05) is 0 Å². The molecule has 0 aliphatic carbocycles. The number of hydrogen-bond donors (Lipinski definition) is 1. The van der Waals surface area contributed by atoms with Gasteiger partial charge in [-0.15, -0.1) is 0 Å². The molecule has 3 heterocycles. The van der Waals surface area contributed by atoms with Crippen LogP contribution >= 0.6 is 0 Å². The SMILES string of the molecule is Cc1ccc(C(=O)C2=C(O)C(=O)N(Cc3cccnc3)C2c2cccc(OCc3ccccc3)c2)o1. The van der Waals surface area contributed by atoms with Gasteiger partial charge in [-0.25, -0.2) is 0 Å². The highest BCUT2D eigenvalue weighted by Crippen LogP contribution is 2.41. The van der Waals surface area contributed by atoms with Crippen LogP contribution < -0.4 is 4.74 Å². The number of pyridine rings is 1. The molecule has 7 nitrogen and oxygen atoms in total. The van der Waals surface area contributed by atoms with Gasteiger partial charge in [0.05, 0.1) is 11.6 Å². The van der Waals surface area contributed by atoms with Crippen molar-refractivity contribution in [3.8, 4) is 5.75 Å². The predicted molar refractivity (Wildman–Crippen MR) is 132 cm³/mol. The first kappa shape index (κ1) is 23.1. The van der Waals surface area contributed by atoms with Crippen molar-refractivity contribution in [1.82, 2.24) is 9.88 Å². The van der Waals surface area contributed by atoms with E-state index in [4.69, 9.17) is 9.15 Å². The number of aromatic nitrogens is 1. The molecule has 0 saturated carbocycles. The largest absolute Gasteiger partial charge is 0.503 e. The Morgan fingerprint density at radius 1 is 1.03 bits per heavy atom. The lowest BCUT2D eigenvalue weighted by atomic mass is 9.94. The van der Waals surface area contributed by atoms with Crippen LogP contribution in [0.3, 0.4) is 0 Å². The van der Waals surface area contributed by atoms with Crippen molar-refractivity contribution in [3.63, 3.8) is 0 Å². The Labute approximate surface area is 208 Å².